The Morgan fingerprint density at radius 2 is 1.44 bits per heavy atom. The first-order valence-electron chi connectivity index (χ1n) is 8.39. The van der Waals surface area contributed by atoms with Crippen molar-refractivity contribution in [3.05, 3.63) is 98.8 Å². The van der Waals surface area contributed by atoms with E-state index in [2.05, 4.69) is 9.71 Å². The summed E-state index contributed by atoms with van der Waals surface area (Å²) in [4.78, 5) is 26.4. The smallest absolute Gasteiger partial charge is 0.313 e. The maximum atomic E-state index is 12.4. The molecule has 3 N–H and O–H groups in total. The van der Waals surface area contributed by atoms with Crippen molar-refractivity contribution in [2.24, 2.45) is 0 Å². The highest BCUT2D eigenvalue weighted by atomic mass is 32.2. The normalized spacial score (nSPS) is 11.6. The van der Waals surface area contributed by atoms with Crippen molar-refractivity contribution in [2.45, 2.75) is 17.2 Å². The van der Waals surface area contributed by atoms with Gasteiger partial charge in [0.1, 0.15) is 0 Å². The quantitative estimate of drug-likeness (QED) is 0.573. The summed E-state index contributed by atoms with van der Waals surface area (Å²) in [5.74, 6) is 0.00367. The first-order chi connectivity index (χ1) is 13.0. The van der Waals surface area contributed by atoms with E-state index in [1.807, 2.05) is 65.6 Å². The summed E-state index contributed by atoms with van der Waals surface area (Å²) in [6.45, 7) is 0.134. The van der Waals surface area contributed by atoms with Crippen LogP contribution in [0.1, 0.15) is 23.5 Å². The molecule has 2 aromatic carbocycles. The molecule has 7 nitrogen and oxygen atoms in total. The van der Waals surface area contributed by atoms with E-state index in [0.717, 1.165) is 17.3 Å². The highest BCUT2D eigenvalue weighted by Crippen LogP contribution is 2.27. The van der Waals surface area contributed by atoms with E-state index in [-0.39, 0.29) is 12.5 Å². The number of benzene rings is 2. The highest BCUT2D eigenvalue weighted by molar-refractivity contribution is 7.89. The molecule has 0 unspecified atom stereocenters. The molecule has 0 spiro atoms. The fourth-order valence-corrected chi connectivity index (χ4v) is 3.96. The molecule has 3 rings (SSSR count). The van der Waals surface area contributed by atoms with Crippen LogP contribution in [0.3, 0.4) is 0 Å². The van der Waals surface area contributed by atoms with Gasteiger partial charge in [-0.25, -0.2) is 17.9 Å². The standard InChI is InChI=1S/C19H19N3O4S/c23-18-17(13-20-19(24)22-18)27(25,26)21-12-11-16(14-7-3-1-4-8-14)15-9-5-2-6-10-15/h1-10,13,16,21H,11-12H2,(H2,20,22,23,24). The molecule has 140 valence electrons. The van der Waals surface area contributed by atoms with Gasteiger partial charge in [-0.15, -0.1) is 0 Å². The van der Waals surface area contributed by atoms with Gasteiger partial charge in [-0.05, 0) is 17.5 Å². The molecular weight excluding hydrogens is 366 g/mol. The zero-order valence-corrected chi connectivity index (χ0v) is 15.2. The lowest BCUT2D eigenvalue weighted by Gasteiger charge is -2.18. The Balaban J connectivity index is 1.78. The van der Waals surface area contributed by atoms with Crippen LogP contribution in [0, 0.1) is 0 Å². The maximum Gasteiger partial charge on any atom is 0.325 e. The lowest BCUT2D eigenvalue weighted by Crippen LogP contribution is -2.33. The molecule has 1 heterocycles. The van der Waals surface area contributed by atoms with Crippen LogP contribution < -0.4 is 16.0 Å². The molecule has 0 radical (unpaired) electrons. The summed E-state index contributed by atoms with van der Waals surface area (Å²) in [6.07, 6.45) is 1.41. The Hall–Kier alpha value is -2.97. The zero-order valence-electron chi connectivity index (χ0n) is 14.4. The molecule has 1 aromatic heterocycles. The summed E-state index contributed by atoms with van der Waals surface area (Å²) in [5, 5.41) is 0. The van der Waals surface area contributed by atoms with Crippen LogP contribution in [0.5, 0.6) is 0 Å². The van der Waals surface area contributed by atoms with Gasteiger partial charge < -0.3 is 4.98 Å². The third-order valence-electron chi connectivity index (χ3n) is 4.20. The molecule has 0 bridgehead atoms. The Bertz CT molecular complexity index is 1070. The van der Waals surface area contributed by atoms with Crippen molar-refractivity contribution in [2.75, 3.05) is 6.54 Å². The number of hydrogen-bond acceptors (Lipinski definition) is 4. The van der Waals surface area contributed by atoms with Gasteiger partial charge in [0, 0.05) is 18.7 Å². The van der Waals surface area contributed by atoms with Crippen LogP contribution in [0.2, 0.25) is 0 Å². The van der Waals surface area contributed by atoms with E-state index in [1.165, 1.54) is 0 Å². The van der Waals surface area contributed by atoms with Crippen molar-refractivity contribution in [1.82, 2.24) is 14.7 Å². The van der Waals surface area contributed by atoms with Crippen LogP contribution >= 0.6 is 0 Å². The predicted octanol–water partition coefficient (Wildman–Crippen LogP) is 1.56. The number of aromatic amines is 2. The Kier molecular flexibility index (Phi) is 5.68. The molecule has 27 heavy (non-hydrogen) atoms. The number of H-pyrrole nitrogens is 2. The minimum Gasteiger partial charge on any atom is -0.313 e. The maximum absolute atomic E-state index is 12.4. The fourth-order valence-electron chi connectivity index (χ4n) is 2.91. The van der Waals surface area contributed by atoms with Gasteiger partial charge in [0.15, 0.2) is 4.90 Å². The first-order valence-corrected chi connectivity index (χ1v) is 9.87. The van der Waals surface area contributed by atoms with Gasteiger partial charge in [-0.3, -0.25) is 9.78 Å². The second kappa shape index (κ2) is 8.15. The lowest BCUT2D eigenvalue weighted by molar-refractivity contribution is 0.573. The number of hydrogen-bond donors (Lipinski definition) is 3. The molecule has 0 aliphatic rings. The molecule has 0 aliphatic carbocycles. The number of sulfonamides is 1. The van der Waals surface area contributed by atoms with Gasteiger partial charge in [0.25, 0.3) is 5.56 Å². The first kappa shape index (κ1) is 18.8. The van der Waals surface area contributed by atoms with Crippen LogP contribution in [0.25, 0.3) is 0 Å². The van der Waals surface area contributed by atoms with Crippen molar-refractivity contribution in [3.63, 3.8) is 0 Å². The second-order valence-corrected chi connectivity index (χ2v) is 7.73. The van der Waals surface area contributed by atoms with E-state index < -0.39 is 26.2 Å². The SMILES string of the molecule is O=c1[nH]cc(S(=O)(=O)NCCC(c2ccccc2)c2ccccc2)c(=O)[nH]1. The van der Waals surface area contributed by atoms with Crippen LogP contribution in [-0.2, 0) is 10.0 Å². The largest absolute Gasteiger partial charge is 0.325 e. The third-order valence-corrected chi connectivity index (χ3v) is 5.67. The number of nitrogens with one attached hydrogen (secondary N) is 3. The lowest BCUT2D eigenvalue weighted by atomic mass is 9.89. The summed E-state index contributed by atoms with van der Waals surface area (Å²) in [6, 6.07) is 19.6. The topological polar surface area (TPSA) is 112 Å². The molecule has 0 atom stereocenters. The van der Waals surface area contributed by atoms with E-state index in [9.17, 15) is 18.0 Å². The second-order valence-electron chi connectivity index (χ2n) is 6.00. The molecule has 0 saturated carbocycles. The summed E-state index contributed by atoms with van der Waals surface area (Å²) in [5.41, 5.74) is 0.440. The van der Waals surface area contributed by atoms with Crippen molar-refractivity contribution in [1.29, 1.82) is 0 Å². The van der Waals surface area contributed by atoms with Crippen LogP contribution in [-0.4, -0.2) is 24.9 Å². The molecular formula is C19H19N3O4S. The Morgan fingerprint density at radius 1 is 0.889 bits per heavy atom. The predicted molar refractivity (Wildman–Crippen MR) is 102 cm³/mol. The van der Waals surface area contributed by atoms with Gasteiger partial charge in [-0.1, -0.05) is 60.7 Å². The van der Waals surface area contributed by atoms with E-state index in [1.54, 1.807) is 0 Å². The number of rotatable bonds is 7. The Labute approximate surface area is 156 Å². The van der Waals surface area contributed by atoms with E-state index >= 15 is 0 Å². The summed E-state index contributed by atoms with van der Waals surface area (Å²) < 4.78 is 27.2. The van der Waals surface area contributed by atoms with Crippen molar-refractivity contribution < 1.29 is 8.42 Å². The van der Waals surface area contributed by atoms with Gasteiger partial charge in [0.2, 0.25) is 10.0 Å². The molecule has 8 heteroatoms. The number of aromatic nitrogens is 2. The monoisotopic (exact) mass is 385 g/mol. The Morgan fingerprint density at radius 3 is 1.96 bits per heavy atom. The van der Waals surface area contributed by atoms with E-state index in [0.29, 0.717) is 6.42 Å². The summed E-state index contributed by atoms with van der Waals surface area (Å²) >= 11 is 0. The zero-order chi connectivity index (χ0) is 19.3. The molecule has 0 aliphatic heterocycles. The average Bonchev–Trinajstić information content (AvgIpc) is 2.66. The van der Waals surface area contributed by atoms with Gasteiger partial charge in [-0.2, -0.15) is 0 Å². The van der Waals surface area contributed by atoms with Crippen molar-refractivity contribution in [3.8, 4) is 0 Å². The van der Waals surface area contributed by atoms with Crippen molar-refractivity contribution >= 4 is 10.0 Å². The molecule has 0 saturated heterocycles. The van der Waals surface area contributed by atoms with Crippen LogP contribution in [0.4, 0.5) is 0 Å². The van der Waals surface area contributed by atoms with Crippen LogP contribution in [0.15, 0.2) is 81.3 Å². The average molecular weight is 385 g/mol. The fraction of sp³-hybridized carbons (Fsp3) is 0.158. The minimum atomic E-state index is -4.03. The molecule has 3 aromatic rings. The van der Waals surface area contributed by atoms with Gasteiger partial charge in [0.05, 0.1) is 0 Å². The molecule has 0 fully saturated rings. The third kappa shape index (κ3) is 4.60. The minimum absolute atomic E-state index is 0.00367. The van der Waals surface area contributed by atoms with E-state index in [4.69, 9.17) is 0 Å². The summed E-state index contributed by atoms with van der Waals surface area (Å²) in [7, 11) is -4.03. The molecule has 0 amide bonds. The highest BCUT2D eigenvalue weighted by Gasteiger charge is 2.20. The van der Waals surface area contributed by atoms with Gasteiger partial charge >= 0.3 is 5.69 Å².